The van der Waals surface area contributed by atoms with Crippen molar-refractivity contribution in [3.63, 3.8) is 0 Å². The molecule has 11 nitrogen and oxygen atoms in total. The summed E-state index contributed by atoms with van der Waals surface area (Å²) in [4.78, 5) is 36.0. The fraction of sp³-hybridized carbons (Fsp3) is 0.133. The van der Waals surface area contributed by atoms with E-state index in [1.807, 2.05) is 0 Å². The number of ether oxygens (including phenoxy) is 2. The predicted octanol–water partition coefficient (Wildman–Crippen LogP) is 0.500. The monoisotopic (exact) mass is 355 g/mol. The first-order valence-corrected chi connectivity index (χ1v) is 7.25. The molecule has 0 atom stereocenters. The normalized spacial score (nSPS) is 10.2. The first kappa shape index (κ1) is 17.0. The van der Waals surface area contributed by atoms with Gasteiger partial charge in [-0.3, -0.25) is 9.36 Å². The summed E-state index contributed by atoms with van der Waals surface area (Å²) >= 11 is 0. The number of amides is 1. The van der Waals surface area contributed by atoms with Gasteiger partial charge in [-0.2, -0.15) is 0 Å². The van der Waals surface area contributed by atoms with Crippen LogP contribution in [0, 0.1) is 0 Å². The van der Waals surface area contributed by atoms with Gasteiger partial charge < -0.3 is 14.8 Å². The molecule has 132 valence electrons. The Hall–Kier alpha value is -3.89. The number of imidazole rings is 1. The van der Waals surface area contributed by atoms with E-state index in [1.54, 1.807) is 29.4 Å². The van der Waals surface area contributed by atoms with E-state index in [1.165, 1.54) is 26.5 Å². The molecule has 0 aromatic carbocycles. The maximum atomic E-state index is 12.3. The van der Waals surface area contributed by atoms with Crippen LogP contribution in [0.3, 0.4) is 0 Å². The predicted molar refractivity (Wildman–Crippen MR) is 87.0 cm³/mol. The van der Waals surface area contributed by atoms with Crippen LogP contribution in [0.2, 0.25) is 0 Å². The average Bonchev–Trinajstić information content (AvgIpc) is 3.22. The lowest BCUT2D eigenvalue weighted by Crippen LogP contribution is -2.19. The van der Waals surface area contributed by atoms with Gasteiger partial charge in [0.15, 0.2) is 23.0 Å². The van der Waals surface area contributed by atoms with Gasteiger partial charge in [0.1, 0.15) is 6.33 Å². The Balaban J connectivity index is 1.82. The van der Waals surface area contributed by atoms with Gasteiger partial charge in [0, 0.05) is 12.4 Å². The van der Waals surface area contributed by atoms with Crippen molar-refractivity contribution in [3.05, 3.63) is 48.4 Å². The third-order valence-corrected chi connectivity index (χ3v) is 3.22. The molecule has 3 aromatic rings. The van der Waals surface area contributed by atoms with E-state index in [2.05, 4.69) is 35.2 Å². The molecule has 1 N–H and O–H groups in total. The first-order valence-electron chi connectivity index (χ1n) is 7.25. The van der Waals surface area contributed by atoms with Gasteiger partial charge in [0.2, 0.25) is 5.88 Å². The number of rotatable bonds is 5. The maximum absolute atomic E-state index is 12.3. The molecule has 3 aromatic heterocycles. The fourth-order valence-electron chi connectivity index (χ4n) is 1.95. The zero-order valence-corrected chi connectivity index (χ0v) is 13.8. The average molecular weight is 355 g/mol. The molecule has 0 bridgehead atoms. The lowest BCUT2D eigenvalue weighted by Gasteiger charge is -2.09. The number of hydrogen-bond acceptors (Lipinski definition) is 9. The molecular weight excluding hydrogens is 342 g/mol. The Kier molecular flexibility index (Phi) is 4.78. The molecule has 0 spiro atoms. The van der Waals surface area contributed by atoms with E-state index in [4.69, 9.17) is 4.74 Å². The number of carbonyl (C=O) groups excluding carboxylic acids is 2. The second-order valence-electron chi connectivity index (χ2n) is 4.80. The lowest BCUT2D eigenvalue weighted by atomic mass is 10.3. The number of nitrogens with zero attached hydrogens (tertiary/aromatic N) is 6. The van der Waals surface area contributed by atoms with E-state index in [0.29, 0.717) is 5.82 Å². The number of carbonyl (C=O) groups is 2. The summed E-state index contributed by atoms with van der Waals surface area (Å²) < 4.78 is 11.2. The van der Waals surface area contributed by atoms with Crippen molar-refractivity contribution in [2.24, 2.45) is 0 Å². The van der Waals surface area contributed by atoms with Crippen LogP contribution in [0.5, 0.6) is 5.88 Å². The van der Waals surface area contributed by atoms with E-state index < -0.39 is 11.9 Å². The van der Waals surface area contributed by atoms with Gasteiger partial charge in [-0.25, -0.2) is 19.7 Å². The van der Waals surface area contributed by atoms with Crippen LogP contribution < -0.4 is 10.1 Å². The summed E-state index contributed by atoms with van der Waals surface area (Å²) in [6.45, 7) is 0. The number of nitrogens with one attached hydrogen (secondary N) is 1. The molecule has 0 fully saturated rings. The largest absolute Gasteiger partial charge is 0.480 e. The van der Waals surface area contributed by atoms with Crippen LogP contribution in [0.25, 0.3) is 5.82 Å². The molecule has 3 heterocycles. The Bertz CT molecular complexity index is 926. The van der Waals surface area contributed by atoms with Crippen LogP contribution in [-0.4, -0.2) is 55.8 Å². The number of hydrogen-bond donors (Lipinski definition) is 1. The Morgan fingerprint density at radius 2 is 2.04 bits per heavy atom. The summed E-state index contributed by atoms with van der Waals surface area (Å²) in [6.07, 6.45) is 6.10. The molecule has 0 saturated heterocycles. The van der Waals surface area contributed by atoms with Gasteiger partial charge >= 0.3 is 5.97 Å². The fourth-order valence-corrected chi connectivity index (χ4v) is 1.95. The highest BCUT2D eigenvalue weighted by atomic mass is 16.5. The van der Waals surface area contributed by atoms with Gasteiger partial charge in [0.05, 0.1) is 20.4 Å². The Morgan fingerprint density at radius 1 is 1.19 bits per heavy atom. The summed E-state index contributed by atoms with van der Waals surface area (Å²) in [5.41, 5.74) is -0.162. The minimum Gasteiger partial charge on any atom is -0.480 e. The minimum absolute atomic E-state index is 0.0299. The number of esters is 1. The van der Waals surface area contributed by atoms with Crippen molar-refractivity contribution in [1.82, 2.24) is 29.7 Å². The molecule has 0 radical (unpaired) electrons. The van der Waals surface area contributed by atoms with Crippen LogP contribution in [0.15, 0.2) is 37.1 Å². The second kappa shape index (κ2) is 7.34. The molecule has 11 heteroatoms. The van der Waals surface area contributed by atoms with Crippen LogP contribution in [0.4, 0.5) is 5.82 Å². The highest BCUT2D eigenvalue weighted by Crippen LogP contribution is 2.16. The third-order valence-electron chi connectivity index (χ3n) is 3.22. The second-order valence-corrected chi connectivity index (χ2v) is 4.80. The molecule has 26 heavy (non-hydrogen) atoms. The minimum atomic E-state index is -0.770. The number of methoxy groups -OCH3 is 2. The zero-order valence-electron chi connectivity index (χ0n) is 13.8. The molecular formula is C15H13N7O4. The number of aromatic nitrogens is 6. The summed E-state index contributed by atoms with van der Waals surface area (Å²) in [5.74, 6) is -0.859. The van der Waals surface area contributed by atoms with Gasteiger partial charge in [0.25, 0.3) is 5.91 Å². The molecule has 0 saturated carbocycles. The molecule has 0 aliphatic carbocycles. The third kappa shape index (κ3) is 3.45. The topological polar surface area (TPSA) is 134 Å². The standard InChI is InChI=1S/C15H13N7O4/c1-25-11-7-17-13(12(18-11)15(24)26-2)19-14(23)9-3-4-10(21-20-9)22-6-5-16-8-22/h3-8H,1-2H3,(H,17,19,23). The van der Waals surface area contributed by atoms with E-state index in [-0.39, 0.29) is 23.1 Å². The van der Waals surface area contributed by atoms with Crippen molar-refractivity contribution in [2.75, 3.05) is 19.5 Å². The van der Waals surface area contributed by atoms with Crippen molar-refractivity contribution in [3.8, 4) is 11.7 Å². The summed E-state index contributed by atoms with van der Waals surface area (Å²) in [7, 11) is 2.57. The quantitative estimate of drug-likeness (QED) is 0.649. The van der Waals surface area contributed by atoms with Crippen molar-refractivity contribution in [2.45, 2.75) is 0 Å². The molecule has 3 rings (SSSR count). The lowest BCUT2D eigenvalue weighted by molar-refractivity contribution is 0.0594. The first-order chi connectivity index (χ1) is 12.6. The molecule has 0 unspecified atom stereocenters. The van der Waals surface area contributed by atoms with Crippen LogP contribution >= 0.6 is 0 Å². The van der Waals surface area contributed by atoms with Gasteiger partial charge in [-0.15, -0.1) is 10.2 Å². The maximum Gasteiger partial charge on any atom is 0.360 e. The highest BCUT2D eigenvalue weighted by Gasteiger charge is 2.20. The number of anilines is 1. The van der Waals surface area contributed by atoms with Crippen molar-refractivity contribution in [1.29, 1.82) is 0 Å². The molecule has 1 amide bonds. The molecule has 0 aliphatic heterocycles. The van der Waals surface area contributed by atoms with Crippen LogP contribution in [0.1, 0.15) is 21.0 Å². The summed E-state index contributed by atoms with van der Waals surface area (Å²) in [5, 5.41) is 10.3. The van der Waals surface area contributed by atoms with Crippen LogP contribution in [-0.2, 0) is 4.74 Å². The van der Waals surface area contributed by atoms with Gasteiger partial charge in [-0.05, 0) is 12.1 Å². The summed E-state index contributed by atoms with van der Waals surface area (Å²) in [6, 6.07) is 3.08. The highest BCUT2D eigenvalue weighted by molar-refractivity contribution is 6.05. The van der Waals surface area contributed by atoms with Crippen molar-refractivity contribution >= 4 is 17.7 Å². The SMILES string of the molecule is COC(=O)c1nc(OC)cnc1NC(=O)c1ccc(-n2ccnc2)nn1. The van der Waals surface area contributed by atoms with Crippen molar-refractivity contribution < 1.29 is 19.1 Å². The Morgan fingerprint density at radius 3 is 2.65 bits per heavy atom. The Labute approximate surface area is 147 Å². The van der Waals surface area contributed by atoms with E-state index in [9.17, 15) is 9.59 Å². The van der Waals surface area contributed by atoms with Gasteiger partial charge in [-0.1, -0.05) is 0 Å². The van der Waals surface area contributed by atoms with E-state index in [0.717, 1.165) is 0 Å². The van der Waals surface area contributed by atoms with E-state index >= 15 is 0 Å². The smallest absolute Gasteiger partial charge is 0.360 e. The molecule has 0 aliphatic rings. The zero-order chi connectivity index (χ0) is 18.5.